The Balaban J connectivity index is 2.52. The highest BCUT2D eigenvalue weighted by atomic mass is 16.3. The third-order valence-corrected chi connectivity index (χ3v) is 3.17. The fraction of sp³-hybridized carbons (Fsp3) is 0.250. The zero-order valence-electron chi connectivity index (χ0n) is 11.9. The van der Waals surface area contributed by atoms with Crippen LogP contribution in [0, 0.1) is 0 Å². The molecular weight excluding hydrogens is 236 g/mol. The van der Waals surface area contributed by atoms with E-state index in [0.717, 1.165) is 22.5 Å². The molecule has 0 aliphatic rings. The molecule has 3 nitrogen and oxygen atoms in total. The number of anilines is 2. The Hall–Kier alpha value is -2.16. The minimum absolute atomic E-state index is 0.309. The Morgan fingerprint density at radius 2 is 1.42 bits per heavy atom. The van der Waals surface area contributed by atoms with Gasteiger partial charge in [-0.3, -0.25) is 0 Å². The number of nitrogens with zero attached hydrogens (tertiary/aromatic N) is 2. The van der Waals surface area contributed by atoms with Crippen molar-refractivity contribution in [1.82, 2.24) is 0 Å². The molecule has 0 bridgehead atoms. The first kappa shape index (κ1) is 13.3. The van der Waals surface area contributed by atoms with Crippen LogP contribution in [0.5, 0.6) is 5.75 Å². The van der Waals surface area contributed by atoms with Crippen LogP contribution < -0.4 is 9.80 Å². The van der Waals surface area contributed by atoms with Gasteiger partial charge in [0.1, 0.15) is 5.75 Å². The van der Waals surface area contributed by atoms with E-state index in [9.17, 15) is 5.11 Å². The van der Waals surface area contributed by atoms with E-state index in [1.165, 1.54) is 0 Å². The van der Waals surface area contributed by atoms with Gasteiger partial charge < -0.3 is 14.9 Å². The molecule has 19 heavy (non-hydrogen) atoms. The van der Waals surface area contributed by atoms with Crippen LogP contribution in [0.4, 0.5) is 11.4 Å². The van der Waals surface area contributed by atoms with Crippen LogP contribution in [0.3, 0.4) is 0 Å². The summed E-state index contributed by atoms with van der Waals surface area (Å²) in [6.45, 7) is 0. The van der Waals surface area contributed by atoms with Crippen molar-refractivity contribution in [2.75, 3.05) is 38.0 Å². The number of benzene rings is 2. The number of phenols is 1. The van der Waals surface area contributed by atoms with Crippen LogP contribution >= 0.6 is 0 Å². The lowest BCUT2D eigenvalue weighted by molar-refractivity contribution is 0.477. The summed E-state index contributed by atoms with van der Waals surface area (Å²) >= 11 is 0. The summed E-state index contributed by atoms with van der Waals surface area (Å²) in [4.78, 5) is 4.07. The Bertz CT molecular complexity index is 559. The molecule has 2 rings (SSSR count). The van der Waals surface area contributed by atoms with Gasteiger partial charge in [0.05, 0.1) is 0 Å². The first-order valence-electron chi connectivity index (χ1n) is 6.28. The van der Waals surface area contributed by atoms with Crippen molar-refractivity contribution in [2.24, 2.45) is 0 Å². The summed E-state index contributed by atoms with van der Waals surface area (Å²) in [5.74, 6) is 0.309. The average Bonchev–Trinajstić information content (AvgIpc) is 2.38. The van der Waals surface area contributed by atoms with E-state index < -0.39 is 0 Å². The molecular formula is C16H20N2O. The van der Waals surface area contributed by atoms with E-state index >= 15 is 0 Å². The maximum absolute atomic E-state index is 10.1. The molecule has 0 fully saturated rings. The normalized spacial score (nSPS) is 10.3. The lowest BCUT2D eigenvalue weighted by Crippen LogP contribution is -2.10. The van der Waals surface area contributed by atoms with E-state index in [1.54, 1.807) is 6.07 Å². The van der Waals surface area contributed by atoms with E-state index in [-0.39, 0.29) is 0 Å². The van der Waals surface area contributed by atoms with Gasteiger partial charge in [0.2, 0.25) is 0 Å². The predicted octanol–water partition coefficient (Wildman–Crippen LogP) is 3.19. The second-order valence-electron chi connectivity index (χ2n) is 5.01. The Morgan fingerprint density at radius 1 is 0.789 bits per heavy atom. The zero-order chi connectivity index (χ0) is 14.0. The average molecular weight is 256 g/mol. The Kier molecular flexibility index (Phi) is 3.65. The molecule has 0 saturated carbocycles. The van der Waals surface area contributed by atoms with Crippen LogP contribution in [-0.2, 0) is 0 Å². The zero-order valence-corrected chi connectivity index (χ0v) is 11.9. The van der Waals surface area contributed by atoms with Crippen molar-refractivity contribution >= 4 is 11.4 Å². The molecule has 0 amide bonds. The van der Waals surface area contributed by atoms with Crippen molar-refractivity contribution in [3.8, 4) is 16.9 Å². The van der Waals surface area contributed by atoms with Gasteiger partial charge in [0, 0.05) is 45.1 Å². The van der Waals surface area contributed by atoms with Crippen molar-refractivity contribution in [1.29, 1.82) is 0 Å². The van der Waals surface area contributed by atoms with Gasteiger partial charge >= 0.3 is 0 Å². The van der Waals surface area contributed by atoms with E-state index in [4.69, 9.17) is 0 Å². The maximum atomic E-state index is 10.1. The molecule has 0 spiro atoms. The second-order valence-corrected chi connectivity index (χ2v) is 5.01. The summed E-state index contributed by atoms with van der Waals surface area (Å²) in [6.07, 6.45) is 0. The highest BCUT2D eigenvalue weighted by Gasteiger charge is 2.11. The van der Waals surface area contributed by atoms with Crippen LogP contribution in [0.2, 0.25) is 0 Å². The summed E-state index contributed by atoms with van der Waals surface area (Å²) in [5.41, 5.74) is 4.05. The summed E-state index contributed by atoms with van der Waals surface area (Å²) in [5, 5.41) is 10.1. The third kappa shape index (κ3) is 2.65. The van der Waals surface area contributed by atoms with Crippen LogP contribution in [0.1, 0.15) is 0 Å². The van der Waals surface area contributed by atoms with E-state index in [2.05, 4.69) is 17.0 Å². The van der Waals surface area contributed by atoms with Gasteiger partial charge in [0.25, 0.3) is 0 Å². The molecule has 0 aliphatic heterocycles. The van der Waals surface area contributed by atoms with Crippen molar-refractivity contribution in [3.63, 3.8) is 0 Å². The smallest absolute Gasteiger partial charge is 0.125 e. The molecule has 1 N–H and O–H groups in total. The molecule has 2 aromatic rings. The summed E-state index contributed by atoms with van der Waals surface area (Å²) < 4.78 is 0. The lowest BCUT2D eigenvalue weighted by Gasteiger charge is -2.19. The highest BCUT2D eigenvalue weighted by Crippen LogP contribution is 2.37. The monoisotopic (exact) mass is 256 g/mol. The summed E-state index contributed by atoms with van der Waals surface area (Å²) in [6, 6.07) is 13.8. The predicted molar refractivity (Wildman–Crippen MR) is 82.2 cm³/mol. The van der Waals surface area contributed by atoms with E-state index in [0.29, 0.717) is 5.75 Å². The lowest BCUT2D eigenvalue weighted by atomic mass is 10.0. The SMILES string of the molecule is CN(C)c1ccc(-c2c(O)cccc2N(C)C)cc1. The van der Waals surface area contributed by atoms with Gasteiger partial charge in [-0.25, -0.2) is 0 Å². The first-order chi connectivity index (χ1) is 9.00. The topological polar surface area (TPSA) is 26.7 Å². The minimum atomic E-state index is 0.309. The van der Waals surface area contributed by atoms with Gasteiger partial charge in [-0.15, -0.1) is 0 Å². The van der Waals surface area contributed by atoms with Crippen molar-refractivity contribution < 1.29 is 5.11 Å². The molecule has 3 heteroatoms. The fourth-order valence-electron chi connectivity index (χ4n) is 2.12. The summed E-state index contributed by atoms with van der Waals surface area (Å²) in [7, 11) is 7.99. The largest absolute Gasteiger partial charge is 0.507 e. The number of aromatic hydroxyl groups is 1. The highest BCUT2D eigenvalue weighted by molar-refractivity contribution is 5.84. The van der Waals surface area contributed by atoms with Gasteiger partial charge in [-0.05, 0) is 29.8 Å². The molecule has 0 saturated heterocycles. The molecule has 100 valence electrons. The number of phenolic OH excluding ortho intramolecular Hbond substituents is 1. The Morgan fingerprint density at radius 3 is 1.95 bits per heavy atom. The number of rotatable bonds is 3. The molecule has 0 atom stereocenters. The van der Waals surface area contributed by atoms with Gasteiger partial charge in [-0.2, -0.15) is 0 Å². The quantitative estimate of drug-likeness (QED) is 0.913. The fourth-order valence-corrected chi connectivity index (χ4v) is 2.12. The first-order valence-corrected chi connectivity index (χ1v) is 6.28. The molecule has 2 aromatic carbocycles. The van der Waals surface area contributed by atoms with Gasteiger partial charge in [0.15, 0.2) is 0 Å². The molecule has 0 heterocycles. The second kappa shape index (κ2) is 5.22. The maximum Gasteiger partial charge on any atom is 0.125 e. The molecule has 0 radical (unpaired) electrons. The minimum Gasteiger partial charge on any atom is -0.507 e. The van der Waals surface area contributed by atoms with Gasteiger partial charge in [-0.1, -0.05) is 18.2 Å². The standard InChI is InChI=1S/C16H20N2O/c1-17(2)13-10-8-12(9-11-13)16-14(18(3)4)6-5-7-15(16)19/h5-11,19H,1-4H3. The number of hydrogen-bond acceptors (Lipinski definition) is 3. The molecule has 0 unspecified atom stereocenters. The van der Waals surface area contributed by atoms with Crippen molar-refractivity contribution in [3.05, 3.63) is 42.5 Å². The molecule has 0 aliphatic carbocycles. The van der Waals surface area contributed by atoms with Crippen LogP contribution in [0.25, 0.3) is 11.1 Å². The van der Waals surface area contributed by atoms with E-state index in [1.807, 2.05) is 57.4 Å². The van der Waals surface area contributed by atoms with Crippen LogP contribution in [-0.4, -0.2) is 33.3 Å². The number of hydrogen-bond donors (Lipinski definition) is 1. The van der Waals surface area contributed by atoms with Crippen LogP contribution in [0.15, 0.2) is 42.5 Å². The van der Waals surface area contributed by atoms with Crippen molar-refractivity contribution in [2.45, 2.75) is 0 Å². The molecule has 0 aromatic heterocycles. The Labute approximate surface area is 114 Å². The third-order valence-electron chi connectivity index (χ3n) is 3.17.